The number of rotatable bonds is 2. The van der Waals surface area contributed by atoms with E-state index < -0.39 is 10.1 Å². The Labute approximate surface area is 159 Å². The van der Waals surface area contributed by atoms with E-state index in [1.807, 2.05) is 18.2 Å². The molecular weight excluding hydrogens is 380 g/mol. The van der Waals surface area contributed by atoms with Gasteiger partial charge in [0.2, 0.25) is 11.9 Å². The van der Waals surface area contributed by atoms with Crippen molar-refractivity contribution in [2.45, 2.75) is 34.3 Å². The first kappa shape index (κ1) is 22.0. The fourth-order valence-electron chi connectivity index (χ4n) is 1.56. The summed E-state index contributed by atoms with van der Waals surface area (Å²) in [5.41, 5.74) is 1.45. The number of hydrogen-bond acceptors (Lipinski definition) is 6. The van der Waals surface area contributed by atoms with Crippen molar-refractivity contribution in [1.82, 2.24) is 4.98 Å². The van der Waals surface area contributed by atoms with Crippen molar-refractivity contribution in [2.24, 2.45) is 5.92 Å². The summed E-state index contributed by atoms with van der Waals surface area (Å²) >= 11 is 5.78. The number of benzene rings is 1. The third-order valence-corrected chi connectivity index (χ3v) is 3.44. The van der Waals surface area contributed by atoms with Gasteiger partial charge in [0.1, 0.15) is 12.4 Å². The van der Waals surface area contributed by atoms with Crippen LogP contribution in [-0.2, 0) is 16.7 Å². The summed E-state index contributed by atoms with van der Waals surface area (Å²) in [6.45, 7) is 8.69. The fraction of sp³-hybridized carbons (Fsp3) is 0.412. The first-order chi connectivity index (χ1) is 12.0. The van der Waals surface area contributed by atoms with E-state index >= 15 is 0 Å². The maximum Gasteiger partial charge on any atom is 0.307 e. The van der Waals surface area contributed by atoms with Crippen LogP contribution in [0.4, 0.5) is 0 Å². The molecule has 2 aromatic rings. The molecule has 0 fully saturated rings. The molecule has 1 aliphatic rings. The van der Waals surface area contributed by atoms with Crippen molar-refractivity contribution in [3.63, 3.8) is 0 Å². The van der Waals surface area contributed by atoms with Crippen LogP contribution in [0.3, 0.4) is 0 Å². The number of ether oxygens (including phenoxy) is 1. The zero-order chi connectivity index (χ0) is 19.9. The summed E-state index contributed by atoms with van der Waals surface area (Å²) in [5, 5.41) is 11.7. The maximum absolute atomic E-state index is 10.9. The second-order valence-electron chi connectivity index (χ2n) is 6.25. The number of nitrogens with zero attached hydrogens (tertiary/aromatic N) is 2. The Morgan fingerprint density at radius 1 is 1.35 bits per heavy atom. The van der Waals surface area contributed by atoms with E-state index in [0.29, 0.717) is 17.0 Å². The molecule has 0 aliphatic carbocycles. The molecule has 1 aliphatic heterocycles. The van der Waals surface area contributed by atoms with Gasteiger partial charge in [-0.1, -0.05) is 32.4 Å². The van der Waals surface area contributed by atoms with Crippen molar-refractivity contribution in [3.05, 3.63) is 52.1 Å². The molecule has 144 valence electrons. The highest BCUT2D eigenvalue weighted by Gasteiger charge is 2.10. The minimum absolute atomic E-state index is 0.233. The van der Waals surface area contributed by atoms with E-state index in [-0.39, 0.29) is 5.88 Å². The average Bonchev–Trinajstić information content (AvgIpc) is 2.89. The standard InChI is InChI=1S/C7H5ClO.C6H8N2O4S.C4H10/c8-7-2-1-6-3-5(7)4-9-6;1-5-3-7-6(4-8(5)9)12-13(2,10)11;1-4(2)3/h1-3H,4H2;3-4H,1-2H3;4H,1-3H3. The van der Waals surface area contributed by atoms with Crippen LogP contribution in [0.2, 0.25) is 5.02 Å². The van der Waals surface area contributed by atoms with Gasteiger partial charge in [-0.3, -0.25) is 0 Å². The molecule has 9 heteroatoms. The smallest absolute Gasteiger partial charge is 0.307 e. The van der Waals surface area contributed by atoms with Crippen LogP contribution in [-0.4, -0.2) is 19.7 Å². The molecular formula is C17H23ClN2O5S. The van der Waals surface area contributed by atoms with Gasteiger partial charge in [-0.05, 0) is 24.1 Å². The van der Waals surface area contributed by atoms with Crippen LogP contribution in [0.5, 0.6) is 11.6 Å². The molecule has 2 heterocycles. The predicted molar refractivity (Wildman–Crippen MR) is 99.7 cm³/mol. The number of fused-ring (bicyclic) bond motifs is 2. The van der Waals surface area contributed by atoms with Gasteiger partial charge >= 0.3 is 10.1 Å². The van der Waals surface area contributed by atoms with Crippen LogP contribution >= 0.6 is 11.6 Å². The highest BCUT2D eigenvalue weighted by Crippen LogP contribution is 2.28. The van der Waals surface area contributed by atoms with Gasteiger partial charge in [-0.15, -0.1) is 0 Å². The van der Waals surface area contributed by atoms with Gasteiger partial charge in [-0.2, -0.15) is 13.1 Å². The normalized spacial score (nSPS) is 11.7. The van der Waals surface area contributed by atoms with Gasteiger partial charge in [0, 0.05) is 17.5 Å². The zero-order valence-corrected chi connectivity index (χ0v) is 17.0. The fourth-order valence-corrected chi connectivity index (χ4v) is 2.13. The number of aryl methyl sites for hydroxylation is 1. The molecule has 0 radical (unpaired) electrons. The van der Waals surface area contributed by atoms with Crippen molar-refractivity contribution in [3.8, 4) is 11.6 Å². The van der Waals surface area contributed by atoms with E-state index in [2.05, 4.69) is 29.9 Å². The minimum atomic E-state index is -3.62. The summed E-state index contributed by atoms with van der Waals surface area (Å²) in [6, 6.07) is 5.69. The Bertz CT molecular complexity index is 838. The average molecular weight is 403 g/mol. The van der Waals surface area contributed by atoms with E-state index in [4.69, 9.17) is 16.3 Å². The first-order valence-electron chi connectivity index (χ1n) is 7.84. The third kappa shape index (κ3) is 8.35. The summed E-state index contributed by atoms with van der Waals surface area (Å²) < 4.78 is 31.3. The zero-order valence-electron chi connectivity index (χ0n) is 15.4. The topological polar surface area (TPSA) is 92.4 Å². The lowest BCUT2D eigenvalue weighted by Gasteiger charge is -2.02. The van der Waals surface area contributed by atoms with E-state index in [1.54, 1.807) is 6.92 Å². The summed E-state index contributed by atoms with van der Waals surface area (Å²) in [6.07, 6.45) is 3.06. The Morgan fingerprint density at radius 2 is 1.96 bits per heavy atom. The lowest BCUT2D eigenvalue weighted by molar-refractivity contribution is -0.613. The maximum atomic E-state index is 10.9. The van der Waals surface area contributed by atoms with Crippen molar-refractivity contribution < 1.29 is 22.1 Å². The molecule has 26 heavy (non-hydrogen) atoms. The van der Waals surface area contributed by atoms with Crippen LogP contribution in [0.1, 0.15) is 32.0 Å². The van der Waals surface area contributed by atoms with Gasteiger partial charge in [0.25, 0.3) is 5.88 Å². The van der Waals surface area contributed by atoms with Gasteiger partial charge in [-0.25, -0.2) is 4.98 Å². The van der Waals surface area contributed by atoms with Crippen LogP contribution in [0.15, 0.2) is 30.6 Å². The SMILES string of the molecule is CC(C)C.Cc1cnc(OS(C)(=O)=O)c[n+]1[O-].Clc1ccc2cc1CO2. The predicted octanol–water partition coefficient (Wildman–Crippen LogP) is 3.26. The third-order valence-electron chi connectivity index (χ3n) is 2.60. The second kappa shape index (κ2) is 9.59. The molecule has 0 N–H and O–H groups in total. The molecule has 7 nitrogen and oxygen atoms in total. The van der Waals surface area contributed by atoms with Gasteiger partial charge in [0.05, 0.1) is 12.5 Å². The van der Waals surface area contributed by atoms with Crippen molar-refractivity contribution >= 4 is 21.7 Å². The molecule has 0 unspecified atom stereocenters. The highest BCUT2D eigenvalue weighted by atomic mass is 35.5. The van der Waals surface area contributed by atoms with Crippen LogP contribution in [0.25, 0.3) is 0 Å². The summed E-state index contributed by atoms with van der Waals surface area (Å²) in [5.74, 6) is 1.53. The van der Waals surface area contributed by atoms with Crippen molar-refractivity contribution in [2.75, 3.05) is 6.26 Å². The van der Waals surface area contributed by atoms with E-state index in [0.717, 1.165) is 34.7 Å². The van der Waals surface area contributed by atoms with Gasteiger partial charge < -0.3 is 14.1 Å². The number of aromatic nitrogens is 2. The highest BCUT2D eigenvalue weighted by molar-refractivity contribution is 7.86. The molecule has 0 spiro atoms. The Kier molecular flexibility index (Phi) is 8.10. The Balaban J connectivity index is 0.000000224. The lowest BCUT2D eigenvalue weighted by atomic mass is 10.2. The quantitative estimate of drug-likeness (QED) is 0.435. The van der Waals surface area contributed by atoms with Crippen LogP contribution < -0.4 is 13.7 Å². The molecule has 1 aromatic heterocycles. The van der Waals surface area contributed by atoms with Crippen molar-refractivity contribution in [1.29, 1.82) is 0 Å². The van der Waals surface area contributed by atoms with Crippen LogP contribution in [0, 0.1) is 18.0 Å². The van der Waals surface area contributed by atoms with Gasteiger partial charge in [0.15, 0.2) is 0 Å². The molecule has 0 saturated carbocycles. The molecule has 0 saturated heterocycles. The Hall–Kier alpha value is -2.06. The second-order valence-corrected chi connectivity index (χ2v) is 8.24. The largest absolute Gasteiger partial charge is 0.618 e. The first-order valence-corrected chi connectivity index (χ1v) is 10.0. The molecule has 0 amide bonds. The lowest BCUT2D eigenvalue weighted by Crippen LogP contribution is -2.30. The monoisotopic (exact) mass is 402 g/mol. The Morgan fingerprint density at radius 3 is 2.46 bits per heavy atom. The summed E-state index contributed by atoms with van der Waals surface area (Å²) in [4.78, 5) is 3.60. The summed E-state index contributed by atoms with van der Waals surface area (Å²) in [7, 11) is -3.62. The molecule has 1 aromatic carbocycles. The molecule has 3 rings (SSSR count). The molecule has 0 atom stereocenters. The minimum Gasteiger partial charge on any atom is -0.618 e. The number of halogens is 1. The van der Waals surface area contributed by atoms with E-state index in [9.17, 15) is 13.6 Å². The molecule has 2 bridgehead atoms. The number of hydrogen-bond donors (Lipinski definition) is 0. The van der Waals surface area contributed by atoms with E-state index in [1.165, 1.54) is 6.20 Å².